The number of hydrogen-bond acceptors (Lipinski definition) is 2. The van der Waals surface area contributed by atoms with Gasteiger partial charge in [-0.2, -0.15) is 0 Å². The third-order valence-electron chi connectivity index (χ3n) is 5.28. The van der Waals surface area contributed by atoms with Crippen LogP contribution in [0.15, 0.2) is 66.7 Å². The number of thiophene rings is 1. The quantitative estimate of drug-likeness (QED) is 0.319. The molecular formula is C25H29NSSi. The summed E-state index contributed by atoms with van der Waals surface area (Å²) in [6, 6.07) is 24.8. The van der Waals surface area contributed by atoms with Crippen molar-refractivity contribution in [2.75, 3.05) is 4.90 Å². The van der Waals surface area contributed by atoms with Crippen LogP contribution in [0.5, 0.6) is 0 Å². The van der Waals surface area contributed by atoms with Crippen molar-refractivity contribution in [2.24, 2.45) is 0 Å². The van der Waals surface area contributed by atoms with Gasteiger partial charge in [-0.15, -0.1) is 11.3 Å². The van der Waals surface area contributed by atoms with Gasteiger partial charge in [-0.1, -0.05) is 61.2 Å². The topological polar surface area (TPSA) is 3.24 Å². The van der Waals surface area contributed by atoms with Gasteiger partial charge >= 0.3 is 0 Å². The number of nitrogens with zero attached hydrogens (tertiary/aromatic N) is 1. The zero-order valence-electron chi connectivity index (χ0n) is 17.7. The van der Waals surface area contributed by atoms with Crippen molar-refractivity contribution in [3.05, 3.63) is 66.7 Å². The normalized spacial score (nSPS) is 12.6. The average Bonchev–Trinajstić information content (AvgIpc) is 3.00. The molecule has 0 aliphatic carbocycles. The van der Waals surface area contributed by atoms with Crippen LogP contribution in [0.4, 0.5) is 11.4 Å². The summed E-state index contributed by atoms with van der Waals surface area (Å²) in [6.45, 7) is 14.1. The van der Waals surface area contributed by atoms with E-state index < -0.39 is 8.07 Å². The zero-order valence-corrected chi connectivity index (χ0v) is 19.5. The Bertz CT molecular complexity index is 1130. The molecule has 28 heavy (non-hydrogen) atoms. The van der Waals surface area contributed by atoms with Crippen LogP contribution in [0.1, 0.15) is 20.8 Å². The number of fused-ring (bicyclic) bond motifs is 3. The molecule has 0 aliphatic rings. The predicted octanol–water partition coefficient (Wildman–Crippen LogP) is 7.54. The third kappa shape index (κ3) is 3.38. The van der Waals surface area contributed by atoms with Gasteiger partial charge in [0, 0.05) is 31.4 Å². The van der Waals surface area contributed by atoms with Gasteiger partial charge in [-0.05, 0) is 51.1 Å². The van der Waals surface area contributed by atoms with E-state index in [1.165, 1.54) is 36.7 Å². The molecule has 0 saturated carbocycles. The smallest absolute Gasteiger partial charge is 0.0775 e. The Labute approximate surface area is 173 Å². The van der Waals surface area contributed by atoms with Crippen molar-refractivity contribution in [1.29, 1.82) is 0 Å². The Morgan fingerprint density at radius 1 is 0.750 bits per heavy atom. The maximum atomic E-state index is 2.50. The first-order chi connectivity index (χ1) is 13.2. The average molecular weight is 404 g/mol. The van der Waals surface area contributed by atoms with E-state index in [1.54, 1.807) is 0 Å². The van der Waals surface area contributed by atoms with E-state index in [1.807, 2.05) is 11.3 Å². The molecule has 4 aromatic rings. The lowest BCUT2D eigenvalue weighted by Gasteiger charge is -2.38. The molecule has 0 amide bonds. The molecule has 0 N–H and O–H groups in total. The summed E-state index contributed by atoms with van der Waals surface area (Å²) in [7, 11) is -1.30. The lowest BCUT2D eigenvalue weighted by atomic mass is 10.0. The SMILES string of the molecule is CC(C)(C)N(c1ccc([Si](C)(C)C)cc1)c1cccc2sc3ccccc3c12. The summed E-state index contributed by atoms with van der Waals surface area (Å²) in [5, 5.41) is 4.22. The number of benzene rings is 3. The lowest BCUT2D eigenvalue weighted by molar-refractivity contribution is 0.561. The fraction of sp³-hybridized carbons (Fsp3) is 0.280. The molecule has 1 nitrogen and oxygen atoms in total. The summed E-state index contributed by atoms with van der Waals surface area (Å²) in [6.07, 6.45) is 0. The first kappa shape index (κ1) is 19.2. The fourth-order valence-electron chi connectivity index (χ4n) is 3.94. The number of hydrogen-bond donors (Lipinski definition) is 0. The summed E-state index contributed by atoms with van der Waals surface area (Å²) in [5.74, 6) is 0. The highest BCUT2D eigenvalue weighted by Crippen LogP contribution is 2.43. The summed E-state index contributed by atoms with van der Waals surface area (Å²) >= 11 is 1.88. The first-order valence-corrected chi connectivity index (χ1v) is 14.3. The maximum absolute atomic E-state index is 2.50. The molecule has 4 rings (SSSR count). The molecule has 3 aromatic carbocycles. The van der Waals surface area contributed by atoms with Crippen molar-refractivity contribution in [3.63, 3.8) is 0 Å². The second-order valence-corrected chi connectivity index (χ2v) is 15.7. The van der Waals surface area contributed by atoms with Crippen LogP contribution in [-0.2, 0) is 0 Å². The highest BCUT2D eigenvalue weighted by atomic mass is 32.1. The van der Waals surface area contributed by atoms with E-state index in [0.717, 1.165) is 0 Å². The summed E-state index contributed by atoms with van der Waals surface area (Å²) in [4.78, 5) is 2.50. The first-order valence-electron chi connectivity index (χ1n) is 9.97. The molecule has 0 aliphatic heterocycles. The minimum Gasteiger partial charge on any atom is -0.336 e. The van der Waals surface area contributed by atoms with Crippen LogP contribution in [0, 0.1) is 0 Å². The summed E-state index contributed by atoms with van der Waals surface area (Å²) in [5.41, 5.74) is 2.53. The van der Waals surface area contributed by atoms with Gasteiger partial charge in [-0.3, -0.25) is 0 Å². The Hall–Kier alpha value is -2.10. The van der Waals surface area contributed by atoms with E-state index in [0.29, 0.717) is 0 Å². The molecule has 0 unspecified atom stereocenters. The fourth-order valence-corrected chi connectivity index (χ4v) is 6.23. The van der Waals surface area contributed by atoms with E-state index >= 15 is 0 Å². The molecule has 0 bridgehead atoms. The molecule has 0 fully saturated rings. The Morgan fingerprint density at radius 2 is 1.39 bits per heavy atom. The van der Waals surface area contributed by atoms with Crippen molar-refractivity contribution < 1.29 is 0 Å². The largest absolute Gasteiger partial charge is 0.336 e. The van der Waals surface area contributed by atoms with Crippen molar-refractivity contribution in [3.8, 4) is 0 Å². The van der Waals surface area contributed by atoms with Crippen LogP contribution in [0.3, 0.4) is 0 Å². The van der Waals surface area contributed by atoms with E-state index in [4.69, 9.17) is 0 Å². The van der Waals surface area contributed by atoms with Crippen molar-refractivity contribution >= 4 is 56.1 Å². The predicted molar refractivity (Wildman–Crippen MR) is 131 cm³/mol. The number of anilines is 2. The molecule has 0 radical (unpaired) electrons. The second-order valence-electron chi connectivity index (χ2n) is 9.55. The van der Waals surface area contributed by atoms with Gasteiger partial charge in [0.1, 0.15) is 0 Å². The van der Waals surface area contributed by atoms with Crippen molar-refractivity contribution in [2.45, 2.75) is 46.0 Å². The van der Waals surface area contributed by atoms with Crippen LogP contribution in [0.25, 0.3) is 20.2 Å². The van der Waals surface area contributed by atoms with E-state index in [-0.39, 0.29) is 5.54 Å². The van der Waals surface area contributed by atoms with Gasteiger partial charge in [0.25, 0.3) is 0 Å². The van der Waals surface area contributed by atoms with Gasteiger partial charge in [0.05, 0.1) is 13.8 Å². The Balaban J connectivity index is 1.95. The lowest BCUT2D eigenvalue weighted by Crippen LogP contribution is -2.39. The minimum atomic E-state index is -1.30. The third-order valence-corrected chi connectivity index (χ3v) is 8.49. The molecule has 1 aromatic heterocycles. The van der Waals surface area contributed by atoms with Crippen LogP contribution >= 0.6 is 11.3 Å². The second kappa shape index (κ2) is 6.75. The highest BCUT2D eigenvalue weighted by molar-refractivity contribution is 7.26. The molecule has 3 heteroatoms. The summed E-state index contributed by atoms with van der Waals surface area (Å²) < 4.78 is 2.71. The molecule has 0 saturated heterocycles. The van der Waals surface area contributed by atoms with E-state index in [2.05, 4.69) is 112 Å². The van der Waals surface area contributed by atoms with Gasteiger partial charge < -0.3 is 4.90 Å². The van der Waals surface area contributed by atoms with E-state index in [9.17, 15) is 0 Å². The molecule has 1 heterocycles. The molecule has 0 spiro atoms. The number of rotatable bonds is 3. The Kier molecular flexibility index (Phi) is 4.63. The van der Waals surface area contributed by atoms with Gasteiger partial charge in [-0.25, -0.2) is 0 Å². The van der Waals surface area contributed by atoms with Gasteiger partial charge in [0.15, 0.2) is 0 Å². The maximum Gasteiger partial charge on any atom is 0.0775 e. The van der Waals surface area contributed by atoms with Crippen molar-refractivity contribution in [1.82, 2.24) is 0 Å². The highest BCUT2D eigenvalue weighted by Gasteiger charge is 2.26. The molecular weight excluding hydrogens is 374 g/mol. The minimum absolute atomic E-state index is 0.0298. The van der Waals surface area contributed by atoms with Crippen LogP contribution in [-0.4, -0.2) is 13.6 Å². The van der Waals surface area contributed by atoms with Crippen LogP contribution < -0.4 is 10.1 Å². The monoisotopic (exact) mass is 403 g/mol. The standard InChI is InChI=1S/C25H29NSSi/c1-25(2,3)26(18-14-16-19(17-15-18)28(4,5)6)21-11-9-13-23-24(21)20-10-7-8-12-22(20)27-23/h7-17H,1-6H3. The van der Waals surface area contributed by atoms with Gasteiger partial charge in [0.2, 0.25) is 0 Å². The Morgan fingerprint density at radius 3 is 2.04 bits per heavy atom. The zero-order chi connectivity index (χ0) is 20.1. The molecule has 144 valence electrons. The molecule has 0 atom stereocenters. The van der Waals surface area contributed by atoms with Crippen LogP contribution in [0.2, 0.25) is 19.6 Å².